The predicted octanol–water partition coefficient (Wildman–Crippen LogP) is 3.75. The molecule has 104 valence electrons. The minimum Gasteiger partial charge on any atom is -0.478 e. The molecule has 0 amide bonds. The highest BCUT2D eigenvalue weighted by atomic mass is 16.4. The standard InChI is InChI=1S/C17H14N2O2/c1-11-6-2-3-7-12(11)15-10-16(19-18-15)13-8-4-5-9-14(13)17(20)21/h2-10H,1H3,(H,18,19)(H,20,21). The van der Waals surface area contributed by atoms with Crippen LogP contribution in [0.2, 0.25) is 0 Å². The van der Waals surface area contributed by atoms with Gasteiger partial charge in [0.2, 0.25) is 0 Å². The maximum absolute atomic E-state index is 11.3. The molecule has 1 aromatic heterocycles. The molecule has 3 aromatic rings. The first-order valence-electron chi connectivity index (χ1n) is 6.61. The quantitative estimate of drug-likeness (QED) is 0.766. The monoisotopic (exact) mass is 278 g/mol. The summed E-state index contributed by atoms with van der Waals surface area (Å²) >= 11 is 0. The predicted molar refractivity (Wildman–Crippen MR) is 81.2 cm³/mol. The third-order valence-electron chi connectivity index (χ3n) is 3.45. The molecule has 2 N–H and O–H groups in total. The normalized spacial score (nSPS) is 10.5. The van der Waals surface area contributed by atoms with Gasteiger partial charge in [-0.05, 0) is 24.6 Å². The van der Waals surface area contributed by atoms with Crippen LogP contribution in [0, 0.1) is 6.92 Å². The molecule has 0 fully saturated rings. The molecule has 0 saturated heterocycles. The van der Waals surface area contributed by atoms with E-state index in [4.69, 9.17) is 0 Å². The number of hydrogen-bond donors (Lipinski definition) is 2. The number of aromatic nitrogens is 2. The van der Waals surface area contributed by atoms with Crippen molar-refractivity contribution < 1.29 is 9.90 Å². The number of rotatable bonds is 3. The molecule has 0 aliphatic rings. The Kier molecular flexibility index (Phi) is 3.28. The van der Waals surface area contributed by atoms with Gasteiger partial charge in [0, 0.05) is 11.1 Å². The van der Waals surface area contributed by atoms with Gasteiger partial charge in [-0.15, -0.1) is 0 Å². The number of carboxylic acid groups (broad SMARTS) is 1. The zero-order valence-corrected chi connectivity index (χ0v) is 11.5. The van der Waals surface area contributed by atoms with Crippen LogP contribution in [0.3, 0.4) is 0 Å². The third kappa shape index (κ3) is 2.43. The number of nitrogens with zero attached hydrogens (tertiary/aromatic N) is 1. The fourth-order valence-electron chi connectivity index (χ4n) is 2.37. The van der Waals surface area contributed by atoms with E-state index in [1.54, 1.807) is 18.2 Å². The Labute approximate surface area is 122 Å². The summed E-state index contributed by atoms with van der Waals surface area (Å²) in [6.07, 6.45) is 0. The summed E-state index contributed by atoms with van der Waals surface area (Å²) in [4.78, 5) is 11.3. The van der Waals surface area contributed by atoms with Gasteiger partial charge in [-0.2, -0.15) is 5.10 Å². The molecule has 0 radical (unpaired) electrons. The number of aromatic carboxylic acids is 1. The van der Waals surface area contributed by atoms with Gasteiger partial charge in [0.1, 0.15) is 0 Å². The number of hydrogen-bond acceptors (Lipinski definition) is 2. The molecule has 0 unspecified atom stereocenters. The molecule has 4 nitrogen and oxygen atoms in total. The summed E-state index contributed by atoms with van der Waals surface area (Å²) in [6.45, 7) is 2.03. The summed E-state index contributed by atoms with van der Waals surface area (Å²) in [6, 6.07) is 16.7. The van der Waals surface area contributed by atoms with Crippen LogP contribution >= 0.6 is 0 Å². The molecule has 3 rings (SSSR count). The van der Waals surface area contributed by atoms with E-state index in [1.165, 1.54) is 0 Å². The van der Waals surface area contributed by atoms with Gasteiger partial charge in [-0.25, -0.2) is 4.79 Å². The Morgan fingerprint density at radius 1 is 1.05 bits per heavy atom. The highest BCUT2D eigenvalue weighted by Crippen LogP contribution is 2.27. The molecule has 1 heterocycles. The average Bonchev–Trinajstić information content (AvgIpc) is 2.97. The van der Waals surface area contributed by atoms with Crippen molar-refractivity contribution in [1.82, 2.24) is 10.2 Å². The lowest BCUT2D eigenvalue weighted by Crippen LogP contribution is -1.98. The van der Waals surface area contributed by atoms with E-state index in [9.17, 15) is 9.90 Å². The molecule has 4 heteroatoms. The lowest BCUT2D eigenvalue weighted by molar-refractivity contribution is 0.0697. The SMILES string of the molecule is Cc1ccccc1-c1cc(-c2ccccc2C(=O)O)n[nH]1. The first-order chi connectivity index (χ1) is 10.2. The molecule has 0 atom stereocenters. The minimum absolute atomic E-state index is 0.250. The fourth-order valence-corrected chi connectivity index (χ4v) is 2.37. The lowest BCUT2D eigenvalue weighted by Gasteiger charge is -2.02. The van der Waals surface area contributed by atoms with Crippen LogP contribution in [0.15, 0.2) is 54.6 Å². The van der Waals surface area contributed by atoms with Crippen LogP contribution in [0.4, 0.5) is 0 Å². The Bertz CT molecular complexity index is 806. The number of H-pyrrole nitrogens is 1. The summed E-state index contributed by atoms with van der Waals surface area (Å²) < 4.78 is 0. The summed E-state index contributed by atoms with van der Waals surface area (Å²) in [5.74, 6) is -0.953. The third-order valence-corrected chi connectivity index (χ3v) is 3.45. The van der Waals surface area contributed by atoms with Crippen LogP contribution in [0.1, 0.15) is 15.9 Å². The van der Waals surface area contributed by atoms with Crippen molar-refractivity contribution in [3.05, 3.63) is 65.7 Å². The number of carboxylic acids is 1. The first-order valence-corrected chi connectivity index (χ1v) is 6.61. The molecule has 21 heavy (non-hydrogen) atoms. The van der Waals surface area contributed by atoms with Crippen LogP contribution in [-0.4, -0.2) is 21.3 Å². The molecule has 0 aliphatic heterocycles. The van der Waals surface area contributed by atoms with E-state index in [0.717, 1.165) is 16.8 Å². The van der Waals surface area contributed by atoms with Gasteiger partial charge >= 0.3 is 5.97 Å². The molecule has 2 aromatic carbocycles. The molecule has 0 saturated carbocycles. The van der Waals surface area contributed by atoms with Gasteiger partial charge in [0.15, 0.2) is 0 Å². The highest BCUT2D eigenvalue weighted by molar-refractivity contribution is 5.95. The fraction of sp³-hybridized carbons (Fsp3) is 0.0588. The topological polar surface area (TPSA) is 66.0 Å². The van der Waals surface area contributed by atoms with Crippen molar-refractivity contribution in [2.75, 3.05) is 0 Å². The second-order valence-corrected chi connectivity index (χ2v) is 4.83. The van der Waals surface area contributed by atoms with E-state index < -0.39 is 5.97 Å². The number of nitrogens with one attached hydrogen (secondary N) is 1. The Morgan fingerprint density at radius 3 is 2.43 bits per heavy atom. The summed E-state index contributed by atoms with van der Waals surface area (Å²) in [5, 5.41) is 16.5. The van der Waals surface area contributed by atoms with Crippen LogP contribution in [0.5, 0.6) is 0 Å². The summed E-state index contributed by atoms with van der Waals surface area (Å²) in [5.41, 5.74) is 4.57. The maximum Gasteiger partial charge on any atom is 0.336 e. The van der Waals surface area contributed by atoms with Gasteiger partial charge in [-0.1, -0.05) is 42.5 Å². The first kappa shape index (κ1) is 13.1. The molecular weight excluding hydrogens is 264 g/mol. The van der Waals surface area contributed by atoms with Crippen molar-refractivity contribution in [1.29, 1.82) is 0 Å². The second kappa shape index (κ2) is 5.25. The number of aryl methyl sites for hydroxylation is 1. The maximum atomic E-state index is 11.3. The summed E-state index contributed by atoms with van der Waals surface area (Å²) in [7, 11) is 0. The van der Waals surface area contributed by atoms with Crippen molar-refractivity contribution in [2.45, 2.75) is 6.92 Å². The van der Waals surface area contributed by atoms with E-state index in [2.05, 4.69) is 10.2 Å². The zero-order chi connectivity index (χ0) is 14.8. The Balaban J connectivity index is 2.08. The number of carbonyl (C=O) groups is 1. The molecule has 0 bridgehead atoms. The van der Waals surface area contributed by atoms with E-state index >= 15 is 0 Å². The molecule has 0 spiro atoms. The van der Waals surface area contributed by atoms with Crippen molar-refractivity contribution >= 4 is 5.97 Å². The van der Waals surface area contributed by atoms with Crippen molar-refractivity contribution in [3.63, 3.8) is 0 Å². The Morgan fingerprint density at radius 2 is 1.71 bits per heavy atom. The van der Waals surface area contributed by atoms with Gasteiger partial charge in [0.05, 0.1) is 17.0 Å². The minimum atomic E-state index is -0.953. The van der Waals surface area contributed by atoms with Crippen molar-refractivity contribution in [2.24, 2.45) is 0 Å². The van der Waals surface area contributed by atoms with E-state index in [-0.39, 0.29) is 5.56 Å². The van der Waals surface area contributed by atoms with Crippen LogP contribution < -0.4 is 0 Å². The average molecular weight is 278 g/mol. The van der Waals surface area contributed by atoms with E-state index in [0.29, 0.717) is 11.3 Å². The highest BCUT2D eigenvalue weighted by Gasteiger charge is 2.14. The zero-order valence-electron chi connectivity index (χ0n) is 11.5. The van der Waals surface area contributed by atoms with Gasteiger partial charge < -0.3 is 5.11 Å². The van der Waals surface area contributed by atoms with Gasteiger partial charge in [0.25, 0.3) is 0 Å². The smallest absolute Gasteiger partial charge is 0.336 e. The Hall–Kier alpha value is -2.88. The second-order valence-electron chi connectivity index (χ2n) is 4.83. The van der Waals surface area contributed by atoms with Crippen LogP contribution in [-0.2, 0) is 0 Å². The number of aromatic amines is 1. The van der Waals surface area contributed by atoms with Crippen molar-refractivity contribution in [3.8, 4) is 22.5 Å². The molecular formula is C17H14N2O2. The van der Waals surface area contributed by atoms with Gasteiger partial charge in [-0.3, -0.25) is 5.10 Å². The largest absolute Gasteiger partial charge is 0.478 e. The van der Waals surface area contributed by atoms with E-state index in [1.807, 2.05) is 43.3 Å². The van der Waals surface area contributed by atoms with Crippen LogP contribution in [0.25, 0.3) is 22.5 Å². The number of benzene rings is 2. The molecule has 0 aliphatic carbocycles. The lowest BCUT2D eigenvalue weighted by atomic mass is 10.0.